The number of aliphatic hydroxyl groups excluding tert-OH is 3. The lowest BCUT2D eigenvalue weighted by atomic mass is 9.55. The van der Waals surface area contributed by atoms with Gasteiger partial charge in [0.2, 0.25) is 5.79 Å². The third-order valence-electron chi connectivity index (χ3n) is 14.6. The number of aromatic nitrogens is 1. The molecule has 0 unspecified atom stereocenters. The number of carbonyl (C=O) groups is 1. The van der Waals surface area contributed by atoms with Gasteiger partial charge in [0.25, 0.3) is 5.69 Å². The lowest BCUT2D eigenvalue weighted by Gasteiger charge is -2.59. The number of fused-ring (bicyclic) bond motifs is 2. The molecule has 0 saturated heterocycles. The molecule has 3 N–H and O–H groups in total. The number of non-ortho nitro benzene ring substituents is 1. The second-order valence-corrected chi connectivity index (χ2v) is 19.9. The number of oxime groups is 1. The Balaban J connectivity index is 1.45. The maximum absolute atomic E-state index is 14.9. The van der Waals surface area contributed by atoms with E-state index in [1.165, 1.54) is 50.7 Å². The molecule has 2 heterocycles. The smallest absolute Gasteiger partial charge is 0.410 e. The molecule has 2 aliphatic carbocycles. The van der Waals surface area contributed by atoms with Crippen LogP contribution in [0.4, 0.5) is 10.5 Å². The third-order valence-corrected chi connectivity index (χ3v) is 14.6. The minimum atomic E-state index is -1.54. The Morgan fingerprint density at radius 3 is 2.31 bits per heavy atom. The van der Waals surface area contributed by atoms with E-state index >= 15 is 0 Å². The standard InChI is InChI=1S/C58H82N4O12/c1-4-6-7-8-9-10-11-12-13-18-35-70-57(66)61(30-36-69-37-33-65)54-40-52(60-73-41-44-24-26-47(27-25-44)62(67)68)50-38-45(21-14-16-31-63)49(23-15-17-32-64)55-51-39-48(71-42-46-22-19-20-43(3)59-46)28-29-53(51)74-58(54,56(50)55)72-34-5-2/h5,19-20,22,24-29,38-39,45,49,54-56,63-65H,2,4,6-18,21,23,30-37,40-42H2,1,3H3/t45-,49+,54-,55+,56+,58+/m0/s1. The van der Waals surface area contributed by atoms with Crippen molar-refractivity contribution in [1.29, 1.82) is 0 Å². The van der Waals surface area contributed by atoms with E-state index in [1.807, 2.05) is 43.3 Å². The molecule has 74 heavy (non-hydrogen) atoms. The van der Waals surface area contributed by atoms with Crippen LogP contribution >= 0.6 is 0 Å². The number of hydrogen-bond acceptors (Lipinski definition) is 14. The highest BCUT2D eigenvalue weighted by Gasteiger charge is 2.65. The first-order chi connectivity index (χ1) is 36.2. The number of carbonyl (C=O) groups excluding carboxylic acids is 1. The zero-order valence-corrected chi connectivity index (χ0v) is 43.9. The highest BCUT2D eigenvalue weighted by molar-refractivity contribution is 6.03. The van der Waals surface area contributed by atoms with Gasteiger partial charge < -0.3 is 43.8 Å². The Bertz CT molecular complexity index is 2260. The molecule has 406 valence electrons. The van der Waals surface area contributed by atoms with Crippen molar-refractivity contribution in [2.45, 2.75) is 154 Å². The summed E-state index contributed by atoms with van der Waals surface area (Å²) in [4.78, 5) is 38.4. The lowest BCUT2D eigenvalue weighted by Crippen LogP contribution is -2.70. The van der Waals surface area contributed by atoms with E-state index in [9.17, 15) is 30.2 Å². The van der Waals surface area contributed by atoms with Crippen molar-refractivity contribution in [2.24, 2.45) is 22.9 Å². The highest BCUT2D eigenvalue weighted by atomic mass is 16.7. The van der Waals surface area contributed by atoms with E-state index in [4.69, 9.17) is 33.7 Å². The fraction of sp³-hybridized carbons (Fsp3) is 0.603. The first-order valence-electron chi connectivity index (χ1n) is 27.3. The van der Waals surface area contributed by atoms with Crippen LogP contribution in [-0.2, 0) is 32.3 Å². The van der Waals surface area contributed by atoms with Gasteiger partial charge in [-0.2, -0.15) is 0 Å². The Kier molecular flexibility index (Phi) is 24.1. The molecule has 1 saturated carbocycles. The number of nitro groups is 1. The van der Waals surface area contributed by atoms with Gasteiger partial charge in [-0.15, -0.1) is 6.58 Å². The Labute approximate surface area is 438 Å². The van der Waals surface area contributed by atoms with Gasteiger partial charge in [-0.05, 0) is 104 Å². The second-order valence-electron chi connectivity index (χ2n) is 19.9. The average Bonchev–Trinajstić information content (AvgIpc) is 3.45. The number of benzene rings is 2. The third kappa shape index (κ3) is 16.1. The topological polar surface area (TPSA) is 205 Å². The summed E-state index contributed by atoms with van der Waals surface area (Å²) in [7, 11) is 0. The van der Waals surface area contributed by atoms with Crippen LogP contribution in [-0.4, -0.2) is 107 Å². The van der Waals surface area contributed by atoms with Crippen LogP contribution in [0.3, 0.4) is 0 Å². The molecule has 3 aromatic rings. The van der Waals surface area contributed by atoms with Crippen molar-refractivity contribution >= 4 is 17.5 Å². The van der Waals surface area contributed by atoms with Crippen molar-refractivity contribution < 1.29 is 53.6 Å². The Morgan fingerprint density at radius 2 is 1.62 bits per heavy atom. The van der Waals surface area contributed by atoms with Gasteiger partial charge >= 0.3 is 6.09 Å². The maximum atomic E-state index is 14.9. The quantitative estimate of drug-likeness (QED) is 0.0217. The number of hydrogen-bond donors (Lipinski definition) is 3. The number of aliphatic hydroxyl groups is 3. The van der Waals surface area contributed by atoms with Crippen molar-refractivity contribution in [3.8, 4) is 11.5 Å². The number of aryl methyl sites for hydroxylation is 1. The van der Waals surface area contributed by atoms with Crippen LogP contribution in [0.25, 0.3) is 0 Å². The molecular formula is C58H82N4O12. The number of amides is 1. The summed E-state index contributed by atoms with van der Waals surface area (Å²) in [6.07, 6.45) is 19.1. The number of rotatable bonds is 35. The molecule has 2 aromatic carbocycles. The minimum absolute atomic E-state index is 0.00829. The molecule has 0 spiro atoms. The summed E-state index contributed by atoms with van der Waals surface area (Å²) in [5, 5.41) is 46.2. The van der Waals surface area contributed by atoms with E-state index in [0.717, 1.165) is 67.5 Å². The summed E-state index contributed by atoms with van der Waals surface area (Å²) in [5.41, 5.74) is 4.66. The predicted molar refractivity (Wildman–Crippen MR) is 284 cm³/mol. The highest BCUT2D eigenvalue weighted by Crippen LogP contribution is 2.62. The fourth-order valence-electron chi connectivity index (χ4n) is 11.0. The van der Waals surface area contributed by atoms with E-state index < -0.39 is 28.8 Å². The Hall–Kier alpha value is -5.39. The second kappa shape index (κ2) is 30.8. The molecule has 6 rings (SSSR count). The van der Waals surface area contributed by atoms with Crippen LogP contribution in [0.15, 0.2) is 90.1 Å². The van der Waals surface area contributed by atoms with E-state index in [1.54, 1.807) is 23.1 Å². The molecule has 6 atom stereocenters. The number of unbranched alkanes of at least 4 members (excludes halogenated alkanes) is 11. The van der Waals surface area contributed by atoms with Crippen molar-refractivity contribution in [3.63, 3.8) is 0 Å². The summed E-state index contributed by atoms with van der Waals surface area (Å²) >= 11 is 0. The van der Waals surface area contributed by atoms with Gasteiger partial charge in [0.1, 0.15) is 30.8 Å². The van der Waals surface area contributed by atoms with Crippen molar-refractivity contribution in [3.05, 3.63) is 118 Å². The summed E-state index contributed by atoms with van der Waals surface area (Å²) in [6, 6.07) is 17.0. The van der Waals surface area contributed by atoms with Crippen molar-refractivity contribution in [2.75, 3.05) is 52.8 Å². The van der Waals surface area contributed by atoms with Crippen LogP contribution in [0.2, 0.25) is 0 Å². The molecule has 1 fully saturated rings. The van der Waals surface area contributed by atoms with Crippen LogP contribution in [0, 0.1) is 34.8 Å². The fourth-order valence-corrected chi connectivity index (χ4v) is 11.0. The SMILES string of the molecule is C=CCO[C@@]12Oc3ccc(OCc4cccc(C)n4)cc3[C@H]3[C@H](CCCCO)[C@@H](CCCCO)C=C(C(=NOCc4ccc([N+](=O)[O-])cc4)C[C@@H]1N(CCOCCO)C(=O)OCCCCCCCCCCCC)[C@H]32. The Morgan fingerprint density at radius 1 is 0.892 bits per heavy atom. The van der Waals surface area contributed by atoms with E-state index in [0.29, 0.717) is 42.0 Å². The number of ether oxygens (including phenoxy) is 5. The van der Waals surface area contributed by atoms with Crippen molar-refractivity contribution in [1.82, 2.24) is 9.88 Å². The summed E-state index contributed by atoms with van der Waals surface area (Å²) < 4.78 is 33.0. The number of allylic oxidation sites excluding steroid dienone is 1. The minimum Gasteiger partial charge on any atom is -0.487 e. The molecular weight excluding hydrogens is 945 g/mol. The first-order valence-corrected chi connectivity index (χ1v) is 27.3. The largest absolute Gasteiger partial charge is 0.487 e. The molecule has 1 aliphatic heterocycles. The molecule has 0 radical (unpaired) electrons. The molecule has 16 nitrogen and oxygen atoms in total. The zero-order chi connectivity index (χ0) is 52.5. The molecule has 0 bridgehead atoms. The zero-order valence-electron chi connectivity index (χ0n) is 43.9. The lowest BCUT2D eigenvalue weighted by molar-refractivity contribution is -0.384. The monoisotopic (exact) mass is 1030 g/mol. The average molecular weight is 1030 g/mol. The van der Waals surface area contributed by atoms with Gasteiger partial charge in [0, 0.05) is 55.5 Å². The molecule has 1 aromatic heterocycles. The van der Waals surface area contributed by atoms with Crippen LogP contribution < -0.4 is 9.47 Å². The van der Waals surface area contributed by atoms with Crippen LogP contribution in [0.5, 0.6) is 11.5 Å². The number of nitro benzene ring substituents is 1. The predicted octanol–water partition coefficient (Wildman–Crippen LogP) is 11.1. The van der Waals surface area contributed by atoms with E-state index in [2.05, 4.69) is 24.6 Å². The van der Waals surface area contributed by atoms with E-state index in [-0.39, 0.29) is 95.9 Å². The molecule has 3 aliphatic rings. The first kappa shape index (κ1) is 57.9. The van der Waals surface area contributed by atoms with Gasteiger partial charge in [-0.1, -0.05) is 101 Å². The van der Waals surface area contributed by atoms with Gasteiger partial charge in [0.15, 0.2) is 0 Å². The van der Waals surface area contributed by atoms with Gasteiger partial charge in [-0.3, -0.25) is 20.0 Å². The number of nitrogens with zero attached hydrogens (tertiary/aromatic N) is 4. The van der Waals surface area contributed by atoms with Gasteiger partial charge in [-0.25, -0.2) is 4.79 Å². The summed E-state index contributed by atoms with van der Waals surface area (Å²) in [6.45, 7) is 8.96. The summed E-state index contributed by atoms with van der Waals surface area (Å²) in [5.74, 6) is -1.26. The molecule has 1 amide bonds. The number of pyridine rings is 1. The maximum Gasteiger partial charge on any atom is 0.410 e. The normalized spacial score (nSPS) is 21.2. The van der Waals surface area contributed by atoms with Gasteiger partial charge in [0.05, 0.1) is 55.3 Å². The molecule has 16 heteroatoms. The van der Waals surface area contributed by atoms with Crippen LogP contribution in [0.1, 0.15) is 145 Å².